The molecule has 1 fully saturated rings. The number of hydrogen-bond acceptors (Lipinski definition) is 2. The molecule has 0 radical (unpaired) electrons. The van der Waals surface area contributed by atoms with Crippen molar-refractivity contribution in [3.63, 3.8) is 0 Å². The zero-order valence-electron chi connectivity index (χ0n) is 16.4. The van der Waals surface area contributed by atoms with Crippen molar-refractivity contribution in [1.82, 2.24) is 9.47 Å². The molecule has 0 atom stereocenters. The number of benzene rings is 2. The lowest BCUT2D eigenvalue weighted by Crippen LogP contribution is -2.51. The second-order valence-electron chi connectivity index (χ2n) is 7.97. The van der Waals surface area contributed by atoms with E-state index in [0.717, 1.165) is 23.1 Å². The summed E-state index contributed by atoms with van der Waals surface area (Å²) in [6.07, 6.45) is -1.43. The highest BCUT2D eigenvalue weighted by molar-refractivity contribution is 6.30. The first-order chi connectivity index (χ1) is 14.8. The molecule has 8 heteroatoms. The fraction of sp³-hybridized carbons (Fsp3) is 0.261. The third-order valence-electron chi connectivity index (χ3n) is 6.20. The van der Waals surface area contributed by atoms with Gasteiger partial charge in [-0.1, -0.05) is 23.7 Å². The topological polar surface area (TPSA) is 37.3 Å². The van der Waals surface area contributed by atoms with Crippen LogP contribution in [0.5, 0.6) is 0 Å². The van der Waals surface area contributed by atoms with Gasteiger partial charge in [-0.2, -0.15) is 13.2 Å². The van der Waals surface area contributed by atoms with Crippen LogP contribution in [-0.4, -0.2) is 28.5 Å². The van der Waals surface area contributed by atoms with Gasteiger partial charge >= 0.3 is 6.18 Å². The molecule has 1 spiro atoms. The van der Waals surface area contributed by atoms with E-state index in [4.69, 9.17) is 11.6 Å². The van der Waals surface area contributed by atoms with Gasteiger partial charge in [0, 0.05) is 30.0 Å². The third-order valence-corrected chi connectivity index (χ3v) is 6.43. The molecule has 0 bridgehead atoms. The van der Waals surface area contributed by atoms with E-state index in [1.165, 1.54) is 23.1 Å². The van der Waals surface area contributed by atoms with E-state index in [9.17, 15) is 18.0 Å². The standard InChI is InChI=1S/C23H19ClF3N3O/c24-15-7-8-18-19(14-15)30-11-3-6-20(30)22(28-18)9-12-29(13-10-22)21(31)16-4-1-2-5-17(16)23(25,26)27/h1-8,11,14,28H,9-10,12-13H2. The maximum Gasteiger partial charge on any atom is 0.417 e. The summed E-state index contributed by atoms with van der Waals surface area (Å²) in [6.45, 7) is 0.707. The Balaban J connectivity index is 1.42. The van der Waals surface area contributed by atoms with Crippen LogP contribution in [0, 0.1) is 0 Å². The van der Waals surface area contributed by atoms with Crippen molar-refractivity contribution >= 4 is 23.2 Å². The Kier molecular flexibility index (Phi) is 4.55. The molecule has 1 aromatic heterocycles. The minimum absolute atomic E-state index is 0.300. The second kappa shape index (κ2) is 7.05. The van der Waals surface area contributed by atoms with Crippen molar-refractivity contribution in [3.8, 4) is 5.69 Å². The van der Waals surface area contributed by atoms with Gasteiger partial charge in [0.25, 0.3) is 5.91 Å². The number of piperidine rings is 1. The molecule has 0 saturated carbocycles. The molecule has 3 aromatic rings. The lowest BCUT2D eigenvalue weighted by molar-refractivity contribution is -0.138. The summed E-state index contributed by atoms with van der Waals surface area (Å²) in [5.41, 5.74) is 1.36. The van der Waals surface area contributed by atoms with Crippen molar-refractivity contribution < 1.29 is 18.0 Å². The van der Waals surface area contributed by atoms with Gasteiger partial charge < -0.3 is 14.8 Å². The minimum atomic E-state index is -4.57. The van der Waals surface area contributed by atoms with Crippen LogP contribution in [0.4, 0.5) is 18.9 Å². The smallest absolute Gasteiger partial charge is 0.372 e. The zero-order valence-corrected chi connectivity index (χ0v) is 17.2. The quantitative estimate of drug-likeness (QED) is 0.521. The molecular formula is C23H19ClF3N3O. The molecule has 1 N–H and O–H groups in total. The van der Waals surface area contributed by atoms with E-state index >= 15 is 0 Å². The van der Waals surface area contributed by atoms with Crippen LogP contribution in [-0.2, 0) is 11.7 Å². The minimum Gasteiger partial charge on any atom is -0.372 e. The van der Waals surface area contributed by atoms with Gasteiger partial charge in [-0.15, -0.1) is 0 Å². The Morgan fingerprint density at radius 2 is 1.77 bits per heavy atom. The summed E-state index contributed by atoms with van der Waals surface area (Å²) in [5.74, 6) is -0.582. The van der Waals surface area contributed by atoms with E-state index in [0.29, 0.717) is 31.0 Å². The van der Waals surface area contributed by atoms with E-state index in [-0.39, 0.29) is 5.56 Å². The van der Waals surface area contributed by atoms with Crippen LogP contribution in [0.15, 0.2) is 60.8 Å². The molecule has 31 heavy (non-hydrogen) atoms. The molecule has 3 heterocycles. The Labute approximate surface area is 182 Å². The number of aromatic nitrogens is 1. The zero-order chi connectivity index (χ0) is 21.8. The lowest BCUT2D eigenvalue weighted by Gasteiger charge is -2.46. The predicted molar refractivity (Wildman–Crippen MR) is 113 cm³/mol. The molecule has 5 rings (SSSR count). The van der Waals surface area contributed by atoms with E-state index in [1.807, 2.05) is 36.5 Å². The summed E-state index contributed by atoms with van der Waals surface area (Å²) in [5, 5.41) is 4.26. The summed E-state index contributed by atoms with van der Waals surface area (Å²) < 4.78 is 42.2. The number of amides is 1. The van der Waals surface area contributed by atoms with Gasteiger partial charge in [-0.25, -0.2) is 0 Å². The average Bonchev–Trinajstić information content (AvgIpc) is 3.25. The number of likely N-dealkylation sites (tertiary alicyclic amines) is 1. The van der Waals surface area contributed by atoms with Gasteiger partial charge in [0.2, 0.25) is 0 Å². The number of hydrogen-bond donors (Lipinski definition) is 1. The number of anilines is 1. The SMILES string of the molecule is O=C(c1ccccc1C(F)(F)F)N1CCC2(CC1)Nc1ccc(Cl)cc1-n1cccc12. The Morgan fingerprint density at radius 1 is 1.03 bits per heavy atom. The van der Waals surface area contributed by atoms with Gasteiger partial charge in [-0.05, 0) is 55.3 Å². The van der Waals surface area contributed by atoms with Crippen LogP contribution in [0.3, 0.4) is 0 Å². The molecule has 4 nitrogen and oxygen atoms in total. The number of carbonyl (C=O) groups excluding carboxylic acids is 1. The van der Waals surface area contributed by atoms with Crippen LogP contribution in [0.25, 0.3) is 5.69 Å². The maximum absolute atomic E-state index is 13.4. The number of nitrogens with zero attached hydrogens (tertiary/aromatic N) is 2. The number of alkyl halides is 3. The summed E-state index contributed by atoms with van der Waals surface area (Å²) in [6, 6.07) is 14.6. The van der Waals surface area contributed by atoms with Gasteiger partial charge in [-0.3, -0.25) is 4.79 Å². The summed E-state index contributed by atoms with van der Waals surface area (Å²) >= 11 is 6.18. The number of nitrogens with one attached hydrogen (secondary N) is 1. The van der Waals surface area contributed by atoms with Gasteiger partial charge in [0.1, 0.15) is 0 Å². The Morgan fingerprint density at radius 3 is 2.52 bits per heavy atom. The number of halogens is 4. The van der Waals surface area contributed by atoms with E-state index < -0.39 is 23.2 Å². The highest BCUT2D eigenvalue weighted by Gasteiger charge is 2.43. The number of carbonyl (C=O) groups is 1. The van der Waals surface area contributed by atoms with Crippen LogP contribution < -0.4 is 5.32 Å². The first-order valence-corrected chi connectivity index (χ1v) is 10.4. The largest absolute Gasteiger partial charge is 0.417 e. The molecule has 0 unspecified atom stereocenters. The Bertz CT molecular complexity index is 1160. The van der Waals surface area contributed by atoms with E-state index in [1.54, 1.807) is 0 Å². The molecule has 1 amide bonds. The predicted octanol–water partition coefficient (Wildman–Crippen LogP) is 5.71. The van der Waals surface area contributed by atoms with Crippen molar-refractivity contribution in [3.05, 3.63) is 82.6 Å². The normalized spacial score (nSPS) is 17.1. The molecule has 1 saturated heterocycles. The van der Waals surface area contributed by atoms with Crippen LogP contribution >= 0.6 is 11.6 Å². The monoisotopic (exact) mass is 445 g/mol. The summed E-state index contributed by atoms with van der Waals surface area (Å²) in [4.78, 5) is 14.5. The number of fused-ring (bicyclic) bond motifs is 4. The Hall–Kier alpha value is -2.93. The molecule has 2 aliphatic heterocycles. The average molecular weight is 446 g/mol. The lowest BCUT2D eigenvalue weighted by atomic mass is 9.82. The first-order valence-electron chi connectivity index (χ1n) is 10.00. The van der Waals surface area contributed by atoms with Crippen molar-refractivity contribution in [2.24, 2.45) is 0 Å². The van der Waals surface area contributed by atoms with Crippen molar-refractivity contribution in [2.75, 3.05) is 18.4 Å². The molecule has 2 aromatic carbocycles. The molecular weight excluding hydrogens is 427 g/mol. The van der Waals surface area contributed by atoms with Crippen molar-refractivity contribution in [1.29, 1.82) is 0 Å². The van der Waals surface area contributed by atoms with Crippen LogP contribution in [0.1, 0.15) is 34.5 Å². The van der Waals surface area contributed by atoms with Crippen LogP contribution in [0.2, 0.25) is 5.02 Å². The third kappa shape index (κ3) is 3.28. The van der Waals surface area contributed by atoms with Gasteiger partial charge in [0.15, 0.2) is 0 Å². The first kappa shape index (κ1) is 20.0. The van der Waals surface area contributed by atoms with E-state index in [2.05, 4.69) is 9.88 Å². The second-order valence-corrected chi connectivity index (χ2v) is 8.40. The van der Waals surface area contributed by atoms with Crippen molar-refractivity contribution in [2.45, 2.75) is 24.6 Å². The maximum atomic E-state index is 13.4. The highest BCUT2D eigenvalue weighted by atomic mass is 35.5. The fourth-order valence-corrected chi connectivity index (χ4v) is 4.84. The fourth-order valence-electron chi connectivity index (χ4n) is 4.67. The summed E-state index contributed by atoms with van der Waals surface area (Å²) in [7, 11) is 0. The number of rotatable bonds is 1. The van der Waals surface area contributed by atoms with Gasteiger partial charge in [0.05, 0.1) is 28.0 Å². The molecule has 2 aliphatic rings. The highest BCUT2D eigenvalue weighted by Crippen LogP contribution is 2.44. The molecule has 160 valence electrons. The molecule has 0 aliphatic carbocycles.